The van der Waals surface area contributed by atoms with Crippen LogP contribution in [0.2, 0.25) is 0 Å². The SMILES string of the molecule is CCOc1ccccc1-c1c(C)sc(N)c1C(=O)OC1CCCCC1. The minimum atomic E-state index is -0.310. The van der Waals surface area contributed by atoms with Crippen LogP contribution in [0.25, 0.3) is 11.1 Å². The van der Waals surface area contributed by atoms with Crippen molar-refractivity contribution in [3.8, 4) is 16.9 Å². The van der Waals surface area contributed by atoms with Gasteiger partial charge in [-0.1, -0.05) is 24.6 Å². The average molecular weight is 359 g/mol. The molecule has 0 radical (unpaired) electrons. The second-order valence-corrected chi connectivity index (χ2v) is 7.62. The second-order valence-electron chi connectivity index (χ2n) is 6.37. The highest BCUT2D eigenvalue weighted by molar-refractivity contribution is 7.16. The molecule has 134 valence electrons. The van der Waals surface area contributed by atoms with E-state index in [1.54, 1.807) is 0 Å². The zero-order valence-corrected chi connectivity index (χ0v) is 15.7. The largest absolute Gasteiger partial charge is 0.493 e. The maximum atomic E-state index is 12.9. The summed E-state index contributed by atoms with van der Waals surface area (Å²) in [6.07, 6.45) is 5.36. The summed E-state index contributed by atoms with van der Waals surface area (Å²) in [5, 5.41) is 0.514. The number of nitrogens with two attached hydrogens (primary N) is 1. The first kappa shape index (κ1) is 17.8. The number of hydrogen-bond donors (Lipinski definition) is 1. The molecule has 1 saturated carbocycles. The van der Waals surface area contributed by atoms with E-state index in [1.807, 2.05) is 38.1 Å². The van der Waals surface area contributed by atoms with Gasteiger partial charge < -0.3 is 15.2 Å². The van der Waals surface area contributed by atoms with Crippen LogP contribution in [0.4, 0.5) is 5.00 Å². The first-order valence-electron chi connectivity index (χ1n) is 8.93. The lowest BCUT2D eigenvalue weighted by Crippen LogP contribution is -2.21. The molecule has 1 fully saturated rings. The number of nitrogen functional groups attached to an aromatic ring is 1. The zero-order valence-electron chi connectivity index (χ0n) is 14.8. The fraction of sp³-hybridized carbons (Fsp3) is 0.450. The van der Waals surface area contributed by atoms with Crippen molar-refractivity contribution in [2.75, 3.05) is 12.3 Å². The molecule has 2 aromatic rings. The van der Waals surface area contributed by atoms with Gasteiger partial charge in [0.15, 0.2) is 0 Å². The number of aryl methyl sites for hydroxylation is 1. The van der Waals surface area contributed by atoms with Crippen molar-refractivity contribution in [3.63, 3.8) is 0 Å². The number of carbonyl (C=O) groups excluding carboxylic acids is 1. The van der Waals surface area contributed by atoms with Crippen LogP contribution in [0.3, 0.4) is 0 Å². The molecule has 1 aromatic carbocycles. The lowest BCUT2D eigenvalue weighted by Gasteiger charge is -2.22. The molecule has 25 heavy (non-hydrogen) atoms. The van der Waals surface area contributed by atoms with Gasteiger partial charge in [0.1, 0.15) is 22.4 Å². The van der Waals surface area contributed by atoms with Crippen LogP contribution < -0.4 is 10.5 Å². The van der Waals surface area contributed by atoms with Crippen LogP contribution >= 0.6 is 11.3 Å². The fourth-order valence-corrected chi connectivity index (χ4v) is 4.37. The summed E-state index contributed by atoms with van der Waals surface area (Å²) in [4.78, 5) is 13.9. The van der Waals surface area contributed by atoms with Crippen LogP contribution in [0.15, 0.2) is 24.3 Å². The highest BCUT2D eigenvalue weighted by Gasteiger charge is 2.27. The average Bonchev–Trinajstić information content (AvgIpc) is 2.90. The third-order valence-corrected chi connectivity index (χ3v) is 5.53. The van der Waals surface area contributed by atoms with Gasteiger partial charge in [0.2, 0.25) is 0 Å². The molecule has 5 heteroatoms. The minimum absolute atomic E-state index is 0.0100. The van der Waals surface area contributed by atoms with E-state index in [4.69, 9.17) is 15.2 Å². The van der Waals surface area contributed by atoms with Crippen molar-refractivity contribution in [2.24, 2.45) is 0 Å². The predicted octanol–water partition coefficient (Wildman–Crippen LogP) is 5.19. The van der Waals surface area contributed by atoms with E-state index in [2.05, 4.69) is 0 Å². The van der Waals surface area contributed by atoms with Crippen molar-refractivity contribution in [3.05, 3.63) is 34.7 Å². The number of benzene rings is 1. The molecule has 0 unspecified atom stereocenters. The standard InChI is InChI=1S/C20H25NO3S/c1-3-23-16-12-8-7-11-15(16)17-13(2)25-19(21)18(17)20(22)24-14-9-5-4-6-10-14/h7-8,11-12,14H,3-6,9-10,21H2,1-2H3. The summed E-state index contributed by atoms with van der Waals surface area (Å²) in [5.41, 5.74) is 8.41. The van der Waals surface area contributed by atoms with Crippen LogP contribution in [-0.2, 0) is 4.74 Å². The number of rotatable bonds is 5. The first-order chi connectivity index (χ1) is 12.1. The number of para-hydroxylation sites is 1. The Balaban J connectivity index is 1.97. The Bertz CT molecular complexity index is 747. The van der Waals surface area contributed by atoms with E-state index in [9.17, 15) is 4.79 Å². The Kier molecular flexibility index (Phi) is 5.63. The third kappa shape index (κ3) is 3.82. The molecular weight excluding hydrogens is 334 g/mol. The van der Waals surface area contributed by atoms with Crippen LogP contribution in [0.5, 0.6) is 5.75 Å². The molecule has 1 aliphatic carbocycles. The lowest BCUT2D eigenvalue weighted by atomic mass is 9.97. The topological polar surface area (TPSA) is 61.5 Å². The van der Waals surface area contributed by atoms with E-state index >= 15 is 0 Å². The van der Waals surface area contributed by atoms with Gasteiger partial charge in [0.05, 0.1) is 6.61 Å². The Morgan fingerprint density at radius 3 is 2.68 bits per heavy atom. The molecule has 1 aliphatic rings. The Labute approximate surface area is 153 Å². The van der Waals surface area contributed by atoms with Crippen LogP contribution in [-0.4, -0.2) is 18.7 Å². The summed E-state index contributed by atoms with van der Waals surface area (Å²) in [6, 6.07) is 7.76. The van der Waals surface area contributed by atoms with E-state index in [0.29, 0.717) is 17.2 Å². The molecule has 1 heterocycles. The summed E-state index contributed by atoms with van der Waals surface area (Å²) >= 11 is 1.43. The Morgan fingerprint density at radius 2 is 1.96 bits per heavy atom. The molecule has 2 N–H and O–H groups in total. The van der Waals surface area contributed by atoms with Gasteiger partial charge in [-0.15, -0.1) is 11.3 Å². The predicted molar refractivity (Wildman–Crippen MR) is 102 cm³/mol. The summed E-state index contributed by atoms with van der Waals surface area (Å²) < 4.78 is 11.5. The molecule has 4 nitrogen and oxygen atoms in total. The number of hydrogen-bond acceptors (Lipinski definition) is 5. The fourth-order valence-electron chi connectivity index (χ4n) is 3.44. The number of anilines is 1. The van der Waals surface area contributed by atoms with Gasteiger partial charge in [-0.05, 0) is 45.6 Å². The second kappa shape index (κ2) is 7.91. The van der Waals surface area contributed by atoms with Crippen molar-refractivity contribution >= 4 is 22.3 Å². The lowest BCUT2D eigenvalue weighted by molar-refractivity contribution is 0.0213. The number of ether oxygens (including phenoxy) is 2. The quantitative estimate of drug-likeness (QED) is 0.746. The van der Waals surface area contributed by atoms with Crippen LogP contribution in [0.1, 0.15) is 54.3 Å². The number of thiophene rings is 1. The summed E-state index contributed by atoms with van der Waals surface area (Å²) in [6.45, 7) is 4.50. The molecule has 0 bridgehead atoms. The molecule has 3 rings (SSSR count). The normalized spacial score (nSPS) is 15.1. The monoisotopic (exact) mass is 359 g/mol. The smallest absolute Gasteiger partial charge is 0.342 e. The van der Waals surface area contributed by atoms with Crippen molar-refractivity contribution in [2.45, 2.75) is 52.1 Å². The van der Waals surface area contributed by atoms with E-state index in [-0.39, 0.29) is 12.1 Å². The molecule has 0 aliphatic heterocycles. The highest BCUT2D eigenvalue weighted by Crippen LogP contribution is 2.42. The molecule has 0 spiro atoms. The molecule has 0 atom stereocenters. The maximum absolute atomic E-state index is 12.9. The Morgan fingerprint density at radius 1 is 1.24 bits per heavy atom. The zero-order chi connectivity index (χ0) is 17.8. The first-order valence-corrected chi connectivity index (χ1v) is 9.75. The highest BCUT2D eigenvalue weighted by atomic mass is 32.1. The third-order valence-electron chi connectivity index (χ3n) is 4.60. The minimum Gasteiger partial charge on any atom is -0.493 e. The van der Waals surface area contributed by atoms with E-state index in [0.717, 1.165) is 47.4 Å². The molecule has 0 saturated heterocycles. The number of carbonyl (C=O) groups is 1. The number of esters is 1. The van der Waals surface area contributed by atoms with Crippen molar-refractivity contribution < 1.29 is 14.3 Å². The van der Waals surface area contributed by atoms with E-state index in [1.165, 1.54) is 17.8 Å². The van der Waals surface area contributed by atoms with Gasteiger partial charge in [0, 0.05) is 16.0 Å². The summed E-state index contributed by atoms with van der Waals surface area (Å²) in [5.74, 6) is 0.452. The van der Waals surface area contributed by atoms with Gasteiger partial charge in [-0.3, -0.25) is 0 Å². The Hall–Kier alpha value is -2.01. The summed E-state index contributed by atoms with van der Waals surface area (Å²) in [7, 11) is 0. The van der Waals surface area contributed by atoms with E-state index < -0.39 is 0 Å². The molecule has 1 aromatic heterocycles. The maximum Gasteiger partial charge on any atom is 0.342 e. The van der Waals surface area contributed by atoms with Gasteiger partial charge in [0.25, 0.3) is 0 Å². The molecule has 0 amide bonds. The van der Waals surface area contributed by atoms with Crippen molar-refractivity contribution in [1.29, 1.82) is 0 Å². The van der Waals surface area contributed by atoms with Gasteiger partial charge >= 0.3 is 5.97 Å². The van der Waals surface area contributed by atoms with Gasteiger partial charge in [-0.25, -0.2) is 4.79 Å². The molecular formula is C20H25NO3S. The van der Waals surface area contributed by atoms with Crippen molar-refractivity contribution in [1.82, 2.24) is 0 Å². The van der Waals surface area contributed by atoms with Gasteiger partial charge in [-0.2, -0.15) is 0 Å². The van der Waals surface area contributed by atoms with Crippen LogP contribution in [0, 0.1) is 6.92 Å².